The van der Waals surface area contributed by atoms with Crippen LogP contribution in [0.1, 0.15) is 16.8 Å². The van der Waals surface area contributed by atoms with Gasteiger partial charge in [-0.2, -0.15) is 0 Å². The van der Waals surface area contributed by atoms with Crippen LogP contribution in [0.3, 0.4) is 0 Å². The van der Waals surface area contributed by atoms with Gasteiger partial charge in [0.1, 0.15) is 11.6 Å². The van der Waals surface area contributed by atoms with Crippen molar-refractivity contribution >= 4 is 35.0 Å². The number of benzene rings is 2. The topological polar surface area (TPSA) is 49.9 Å². The Hall–Kier alpha value is -2.31. The Morgan fingerprint density at radius 1 is 0.964 bits per heavy atom. The predicted molar refractivity (Wildman–Crippen MR) is 105 cm³/mol. The summed E-state index contributed by atoms with van der Waals surface area (Å²) in [5.41, 5.74) is 0.578. The van der Waals surface area contributed by atoms with Crippen LogP contribution in [0.4, 0.5) is 4.39 Å². The van der Waals surface area contributed by atoms with E-state index in [4.69, 9.17) is 27.9 Å². The molecule has 0 aromatic heterocycles. The van der Waals surface area contributed by atoms with Crippen LogP contribution in [0, 0.1) is 5.82 Å². The number of carbonyl (C=O) groups is 2. The van der Waals surface area contributed by atoms with Crippen LogP contribution in [0.25, 0.3) is 0 Å². The second-order valence-corrected chi connectivity index (χ2v) is 7.20. The first kappa shape index (κ1) is 20.4. The molecule has 0 spiro atoms. The molecule has 1 heterocycles. The molecule has 148 valence electrons. The summed E-state index contributed by atoms with van der Waals surface area (Å²) in [7, 11) is 0. The molecule has 8 heteroatoms. The third-order valence-corrected chi connectivity index (χ3v) is 5.03. The summed E-state index contributed by atoms with van der Waals surface area (Å²) >= 11 is 11.7. The third-order valence-electron chi connectivity index (χ3n) is 4.48. The van der Waals surface area contributed by atoms with Gasteiger partial charge in [-0.15, -0.1) is 0 Å². The van der Waals surface area contributed by atoms with E-state index >= 15 is 0 Å². The summed E-state index contributed by atoms with van der Waals surface area (Å²) < 4.78 is 18.5. The number of ether oxygens (including phenoxy) is 1. The summed E-state index contributed by atoms with van der Waals surface area (Å²) in [4.78, 5) is 28.3. The van der Waals surface area contributed by atoms with Crippen LogP contribution in [0.5, 0.6) is 5.75 Å². The number of nitrogens with zero attached hydrogens (tertiary/aromatic N) is 2. The molecule has 28 heavy (non-hydrogen) atoms. The molecule has 5 nitrogen and oxygen atoms in total. The van der Waals surface area contributed by atoms with Crippen LogP contribution in [0.15, 0.2) is 42.5 Å². The van der Waals surface area contributed by atoms with E-state index in [2.05, 4.69) is 0 Å². The van der Waals surface area contributed by atoms with Crippen LogP contribution in [-0.4, -0.2) is 54.4 Å². The Morgan fingerprint density at radius 3 is 2.25 bits per heavy atom. The number of halogens is 3. The molecular formula is C20H19Cl2FN2O3. The van der Waals surface area contributed by atoms with E-state index in [1.165, 1.54) is 12.1 Å². The number of hydrogen-bond acceptors (Lipinski definition) is 3. The van der Waals surface area contributed by atoms with Gasteiger partial charge in [-0.1, -0.05) is 23.2 Å². The van der Waals surface area contributed by atoms with Gasteiger partial charge in [0.25, 0.3) is 5.91 Å². The van der Waals surface area contributed by atoms with Crippen LogP contribution in [0.2, 0.25) is 10.0 Å². The van der Waals surface area contributed by atoms with E-state index in [1.54, 1.807) is 34.1 Å². The predicted octanol–water partition coefficient (Wildman–Crippen LogP) is 3.89. The largest absolute Gasteiger partial charge is 0.491 e. The van der Waals surface area contributed by atoms with E-state index in [9.17, 15) is 14.0 Å². The molecule has 0 unspecified atom stereocenters. The number of hydrogen-bond donors (Lipinski definition) is 0. The van der Waals surface area contributed by atoms with Crippen LogP contribution < -0.4 is 4.74 Å². The van der Waals surface area contributed by atoms with E-state index in [-0.39, 0.29) is 29.9 Å². The van der Waals surface area contributed by atoms with Gasteiger partial charge >= 0.3 is 0 Å². The molecule has 1 aliphatic rings. The molecular weight excluding hydrogens is 406 g/mol. The Labute approximate surface area is 172 Å². The van der Waals surface area contributed by atoms with Gasteiger partial charge in [-0.05, 0) is 42.5 Å². The second-order valence-electron chi connectivity index (χ2n) is 6.35. The highest BCUT2D eigenvalue weighted by molar-refractivity contribution is 6.32. The maximum Gasteiger partial charge on any atom is 0.253 e. The normalized spacial score (nSPS) is 14.1. The summed E-state index contributed by atoms with van der Waals surface area (Å²) in [5, 5.41) is 0.748. The first-order valence-corrected chi connectivity index (χ1v) is 9.60. The molecule has 1 fully saturated rings. The molecule has 0 bridgehead atoms. The first-order valence-electron chi connectivity index (χ1n) is 8.84. The van der Waals surface area contributed by atoms with Crippen molar-refractivity contribution in [1.82, 2.24) is 9.80 Å². The molecule has 3 rings (SSSR count). The zero-order valence-corrected chi connectivity index (χ0v) is 16.5. The highest BCUT2D eigenvalue weighted by Gasteiger charge is 2.24. The zero-order valence-electron chi connectivity index (χ0n) is 15.0. The third kappa shape index (κ3) is 5.14. The summed E-state index contributed by atoms with van der Waals surface area (Å²) in [5.74, 6) is -0.233. The van der Waals surface area contributed by atoms with Crippen molar-refractivity contribution in [1.29, 1.82) is 0 Å². The van der Waals surface area contributed by atoms with Crippen molar-refractivity contribution in [3.8, 4) is 5.75 Å². The van der Waals surface area contributed by atoms with Crippen molar-refractivity contribution in [2.45, 2.75) is 6.42 Å². The van der Waals surface area contributed by atoms with Crippen molar-refractivity contribution in [2.24, 2.45) is 0 Å². The second kappa shape index (κ2) is 9.26. The van der Waals surface area contributed by atoms with Crippen molar-refractivity contribution in [3.63, 3.8) is 0 Å². The number of amides is 2. The maximum absolute atomic E-state index is 13.0. The Morgan fingerprint density at radius 2 is 1.61 bits per heavy atom. The van der Waals surface area contributed by atoms with Gasteiger partial charge in [-0.3, -0.25) is 9.59 Å². The highest BCUT2D eigenvalue weighted by Crippen LogP contribution is 2.25. The van der Waals surface area contributed by atoms with Gasteiger partial charge in [0, 0.05) is 36.8 Å². The minimum Gasteiger partial charge on any atom is -0.491 e. The summed E-state index contributed by atoms with van der Waals surface area (Å²) in [6.45, 7) is 2.02. The smallest absolute Gasteiger partial charge is 0.253 e. The molecule has 1 aliphatic heterocycles. The molecule has 1 saturated heterocycles. The fourth-order valence-corrected chi connectivity index (χ4v) is 3.28. The SMILES string of the molecule is O=C(CCOc1ccc(F)cc1Cl)N1CCN(C(=O)c2ccc(Cl)cc2)CC1. The molecule has 2 aromatic carbocycles. The molecule has 0 radical (unpaired) electrons. The summed E-state index contributed by atoms with van der Waals surface area (Å²) in [6.07, 6.45) is 0.179. The monoisotopic (exact) mass is 424 g/mol. The molecule has 2 aromatic rings. The van der Waals surface area contributed by atoms with Gasteiger partial charge in [0.2, 0.25) is 5.91 Å². The molecule has 2 amide bonds. The quantitative estimate of drug-likeness (QED) is 0.731. The van der Waals surface area contributed by atoms with Crippen molar-refractivity contribution < 1.29 is 18.7 Å². The molecule has 0 N–H and O–H groups in total. The van der Waals surface area contributed by atoms with Gasteiger partial charge in [0.05, 0.1) is 18.1 Å². The van der Waals surface area contributed by atoms with E-state index < -0.39 is 5.82 Å². The van der Waals surface area contributed by atoms with E-state index in [0.29, 0.717) is 42.5 Å². The Kier molecular flexibility index (Phi) is 6.75. The number of piperazine rings is 1. The lowest BCUT2D eigenvalue weighted by Gasteiger charge is -2.35. The lowest BCUT2D eigenvalue weighted by molar-refractivity contribution is -0.133. The summed E-state index contributed by atoms with van der Waals surface area (Å²) in [6, 6.07) is 10.6. The lowest BCUT2D eigenvalue weighted by atomic mass is 10.2. The van der Waals surface area contributed by atoms with Gasteiger partial charge in [0.15, 0.2) is 0 Å². The van der Waals surface area contributed by atoms with Crippen LogP contribution in [-0.2, 0) is 4.79 Å². The fourth-order valence-electron chi connectivity index (χ4n) is 2.93. The molecule has 0 atom stereocenters. The average Bonchev–Trinajstić information content (AvgIpc) is 2.69. The molecule has 0 aliphatic carbocycles. The van der Waals surface area contributed by atoms with Gasteiger partial charge < -0.3 is 14.5 Å². The molecule has 0 saturated carbocycles. The maximum atomic E-state index is 13.0. The number of carbonyl (C=O) groups excluding carboxylic acids is 2. The van der Waals surface area contributed by atoms with Crippen molar-refractivity contribution in [2.75, 3.05) is 32.8 Å². The fraction of sp³-hybridized carbons (Fsp3) is 0.300. The first-order chi connectivity index (χ1) is 13.4. The lowest BCUT2D eigenvalue weighted by Crippen LogP contribution is -2.50. The standard InChI is InChI=1S/C20H19Cl2FN2O3/c21-15-3-1-14(2-4-15)20(27)25-10-8-24(9-11-25)19(26)7-12-28-18-6-5-16(23)13-17(18)22/h1-6,13H,7-12H2. The van der Waals surface area contributed by atoms with E-state index in [0.717, 1.165) is 6.07 Å². The Bertz CT molecular complexity index is 853. The van der Waals surface area contributed by atoms with E-state index in [1.807, 2.05) is 0 Å². The minimum atomic E-state index is -0.445. The zero-order chi connectivity index (χ0) is 20.1. The minimum absolute atomic E-state index is 0.0585. The average molecular weight is 425 g/mol. The Balaban J connectivity index is 1.44. The van der Waals surface area contributed by atoms with Crippen LogP contribution >= 0.6 is 23.2 Å². The number of rotatable bonds is 5. The van der Waals surface area contributed by atoms with Gasteiger partial charge in [-0.25, -0.2) is 4.39 Å². The van der Waals surface area contributed by atoms with Crippen molar-refractivity contribution in [3.05, 3.63) is 63.9 Å². The highest BCUT2D eigenvalue weighted by atomic mass is 35.5.